The van der Waals surface area contributed by atoms with E-state index in [4.69, 9.17) is 14.0 Å². The molecule has 0 aliphatic heterocycles. The Hall–Kier alpha value is -4.54. The number of imidazole rings is 1. The van der Waals surface area contributed by atoms with Gasteiger partial charge in [-0.3, -0.25) is 0 Å². The van der Waals surface area contributed by atoms with Crippen LogP contribution in [0.3, 0.4) is 0 Å². The highest BCUT2D eigenvalue weighted by atomic mass is 16.5. The number of hydrogen-bond acceptors (Lipinski definition) is 9. The average Bonchev–Trinajstić information content (AvgIpc) is 3.59. The van der Waals surface area contributed by atoms with E-state index >= 15 is 0 Å². The van der Waals surface area contributed by atoms with Crippen molar-refractivity contribution in [3.63, 3.8) is 0 Å². The fourth-order valence-electron chi connectivity index (χ4n) is 3.60. The summed E-state index contributed by atoms with van der Waals surface area (Å²) < 4.78 is 19.7. The fourth-order valence-corrected chi connectivity index (χ4v) is 3.60. The minimum absolute atomic E-state index is 0.233. The Morgan fingerprint density at radius 2 is 1.97 bits per heavy atom. The summed E-state index contributed by atoms with van der Waals surface area (Å²) in [5.74, 6) is 0.797. The second-order valence-electron chi connectivity index (χ2n) is 7.84. The van der Waals surface area contributed by atoms with Gasteiger partial charge in [-0.15, -0.1) is 0 Å². The fraction of sp³-hybridized carbons (Fsp3) is 0.250. The second-order valence-corrected chi connectivity index (χ2v) is 7.84. The number of carbonyl (C=O) groups excluding carboxylic acids is 1. The van der Waals surface area contributed by atoms with Gasteiger partial charge in [0.05, 0.1) is 36.9 Å². The number of rotatable bonds is 8. The van der Waals surface area contributed by atoms with Crippen LogP contribution in [0.5, 0.6) is 5.88 Å². The third-order valence-electron chi connectivity index (χ3n) is 5.45. The first-order chi connectivity index (χ1) is 17.0. The zero-order chi connectivity index (χ0) is 24.4. The molecule has 4 heterocycles. The third-order valence-corrected chi connectivity index (χ3v) is 5.45. The van der Waals surface area contributed by atoms with Gasteiger partial charge in [-0.25, -0.2) is 14.5 Å². The lowest BCUT2D eigenvalue weighted by Crippen LogP contribution is -2.08. The molecule has 0 bridgehead atoms. The summed E-state index contributed by atoms with van der Waals surface area (Å²) in [6.07, 6.45) is 4.61. The molecule has 35 heavy (non-hydrogen) atoms. The molecule has 0 radical (unpaired) electrons. The monoisotopic (exact) mass is 473 g/mol. The molecule has 0 N–H and O–H groups in total. The molecule has 0 spiro atoms. The molecule has 0 aliphatic rings. The van der Waals surface area contributed by atoms with E-state index in [0.717, 1.165) is 22.6 Å². The SMILES string of the molecule is CCOC(=O)c1cnn(-c2nc(OCc3ccccc3)c3ncn(Cc4c(C)noc4C)c3n2)c1. The van der Waals surface area contributed by atoms with Crippen molar-refractivity contribution in [2.24, 2.45) is 0 Å². The summed E-state index contributed by atoms with van der Waals surface area (Å²) >= 11 is 0. The molecular formula is C24H23N7O4. The number of benzene rings is 1. The molecule has 0 saturated heterocycles. The molecule has 4 aromatic heterocycles. The van der Waals surface area contributed by atoms with Crippen LogP contribution < -0.4 is 4.74 Å². The molecule has 1 aromatic carbocycles. The van der Waals surface area contributed by atoms with Crippen molar-refractivity contribution in [1.82, 2.24) is 34.5 Å². The first-order valence-electron chi connectivity index (χ1n) is 11.1. The van der Waals surface area contributed by atoms with Crippen LogP contribution in [0.2, 0.25) is 0 Å². The summed E-state index contributed by atoms with van der Waals surface area (Å²) in [5.41, 5.74) is 4.08. The normalized spacial score (nSPS) is 11.2. The number of nitrogens with zero attached hydrogens (tertiary/aromatic N) is 7. The Bertz CT molecular complexity index is 1470. The van der Waals surface area contributed by atoms with Gasteiger partial charge >= 0.3 is 5.97 Å². The van der Waals surface area contributed by atoms with Crippen molar-refractivity contribution in [1.29, 1.82) is 0 Å². The summed E-state index contributed by atoms with van der Waals surface area (Å²) in [7, 11) is 0. The molecule has 11 heteroatoms. The van der Waals surface area contributed by atoms with E-state index in [1.807, 2.05) is 48.7 Å². The number of hydrogen-bond donors (Lipinski definition) is 0. The smallest absolute Gasteiger partial charge is 0.341 e. The van der Waals surface area contributed by atoms with Crippen molar-refractivity contribution in [2.75, 3.05) is 6.61 Å². The van der Waals surface area contributed by atoms with Crippen molar-refractivity contribution in [2.45, 2.75) is 33.9 Å². The maximum atomic E-state index is 12.1. The van der Waals surface area contributed by atoms with Crippen molar-refractivity contribution < 1.29 is 18.8 Å². The zero-order valence-corrected chi connectivity index (χ0v) is 19.5. The van der Waals surface area contributed by atoms with Crippen LogP contribution in [0.25, 0.3) is 17.1 Å². The van der Waals surface area contributed by atoms with E-state index in [2.05, 4.69) is 25.2 Å². The molecule has 5 rings (SSSR count). The molecule has 5 aromatic rings. The average molecular weight is 473 g/mol. The van der Waals surface area contributed by atoms with Gasteiger partial charge in [-0.1, -0.05) is 35.5 Å². The predicted octanol–water partition coefficient (Wildman–Crippen LogP) is 3.42. The van der Waals surface area contributed by atoms with Gasteiger partial charge in [-0.05, 0) is 26.3 Å². The van der Waals surface area contributed by atoms with Gasteiger partial charge < -0.3 is 18.6 Å². The molecule has 0 fully saturated rings. The third kappa shape index (κ3) is 4.47. The minimum atomic E-state index is -0.469. The number of esters is 1. The van der Waals surface area contributed by atoms with E-state index < -0.39 is 5.97 Å². The summed E-state index contributed by atoms with van der Waals surface area (Å²) in [6, 6.07) is 9.76. The number of aromatic nitrogens is 7. The van der Waals surface area contributed by atoms with Crippen LogP contribution in [0, 0.1) is 13.8 Å². The molecule has 0 unspecified atom stereocenters. The Balaban J connectivity index is 1.56. The maximum absolute atomic E-state index is 12.1. The minimum Gasteiger partial charge on any atom is -0.471 e. The summed E-state index contributed by atoms with van der Waals surface area (Å²) in [6.45, 7) is 6.53. The van der Waals surface area contributed by atoms with Gasteiger partial charge in [0.1, 0.15) is 12.4 Å². The van der Waals surface area contributed by atoms with Crippen molar-refractivity contribution >= 4 is 17.1 Å². The van der Waals surface area contributed by atoms with E-state index in [9.17, 15) is 4.79 Å². The highest BCUT2D eigenvalue weighted by Gasteiger charge is 2.19. The molecular weight excluding hydrogens is 450 g/mol. The Morgan fingerprint density at radius 1 is 1.14 bits per heavy atom. The molecule has 0 amide bonds. The Labute approximate surface area is 200 Å². The van der Waals surface area contributed by atoms with Gasteiger partial charge in [0, 0.05) is 11.8 Å². The van der Waals surface area contributed by atoms with Crippen LogP contribution >= 0.6 is 0 Å². The topological polar surface area (TPSA) is 123 Å². The summed E-state index contributed by atoms with van der Waals surface area (Å²) in [4.78, 5) is 25.9. The number of carbonyl (C=O) groups is 1. The quantitative estimate of drug-likeness (QED) is 0.312. The lowest BCUT2D eigenvalue weighted by molar-refractivity contribution is 0.0526. The molecule has 0 atom stereocenters. The van der Waals surface area contributed by atoms with E-state index in [0.29, 0.717) is 35.8 Å². The number of fused-ring (bicyclic) bond motifs is 1. The molecule has 178 valence electrons. The van der Waals surface area contributed by atoms with Crippen LogP contribution in [0.1, 0.15) is 39.9 Å². The van der Waals surface area contributed by atoms with Crippen LogP contribution in [0.15, 0.2) is 53.6 Å². The van der Waals surface area contributed by atoms with E-state index in [-0.39, 0.29) is 12.6 Å². The van der Waals surface area contributed by atoms with Crippen LogP contribution in [-0.4, -0.2) is 47.0 Å². The lowest BCUT2D eigenvalue weighted by atomic mass is 10.2. The molecule has 11 nitrogen and oxygen atoms in total. The first kappa shape index (κ1) is 22.3. The van der Waals surface area contributed by atoms with Gasteiger partial charge in [0.15, 0.2) is 11.2 Å². The number of aryl methyl sites for hydroxylation is 2. The lowest BCUT2D eigenvalue weighted by Gasteiger charge is -2.09. The first-order valence-corrected chi connectivity index (χ1v) is 11.1. The van der Waals surface area contributed by atoms with Gasteiger partial charge in [-0.2, -0.15) is 15.1 Å². The molecule has 0 aliphatic carbocycles. The largest absolute Gasteiger partial charge is 0.471 e. The Morgan fingerprint density at radius 3 is 2.71 bits per heavy atom. The van der Waals surface area contributed by atoms with E-state index in [1.165, 1.54) is 17.1 Å². The molecule has 0 saturated carbocycles. The van der Waals surface area contributed by atoms with Crippen molar-refractivity contribution in [3.8, 4) is 11.8 Å². The van der Waals surface area contributed by atoms with Gasteiger partial charge in [0.25, 0.3) is 5.95 Å². The number of ether oxygens (including phenoxy) is 2. The zero-order valence-electron chi connectivity index (χ0n) is 19.5. The highest BCUT2D eigenvalue weighted by molar-refractivity contribution is 5.88. The maximum Gasteiger partial charge on any atom is 0.341 e. The van der Waals surface area contributed by atoms with Crippen molar-refractivity contribution in [3.05, 3.63) is 77.2 Å². The second kappa shape index (κ2) is 9.37. The predicted molar refractivity (Wildman–Crippen MR) is 124 cm³/mol. The van der Waals surface area contributed by atoms with E-state index in [1.54, 1.807) is 13.3 Å². The van der Waals surface area contributed by atoms with Gasteiger partial charge in [0.2, 0.25) is 5.88 Å². The van der Waals surface area contributed by atoms with Crippen LogP contribution in [0.4, 0.5) is 0 Å². The standard InChI is InChI=1S/C24H23N7O4/c1-4-33-23(32)18-10-26-31(11-18)24-27-21-20(22(28-24)34-13-17-8-6-5-7-9-17)25-14-30(21)12-19-15(2)29-35-16(19)3/h5-11,14H,4,12-13H2,1-3H3. The summed E-state index contributed by atoms with van der Waals surface area (Å²) in [5, 5.41) is 8.29. The Kier molecular flexibility index (Phi) is 5.96. The van der Waals surface area contributed by atoms with Crippen LogP contribution in [-0.2, 0) is 17.9 Å². The highest BCUT2D eigenvalue weighted by Crippen LogP contribution is 2.25.